The average molecular weight is 388 g/mol. The zero-order chi connectivity index (χ0) is 18.7. The highest BCUT2D eigenvalue weighted by atomic mass is 32.1. The second-order valence-corrected chi connectivity index (χ2v) is 8.29. The SMILES string of the molecule is Cc1cccc(N(c2nc(CC(=O)Nc3ncc(C)s3)cs2)C(C)C)n1. The van der Waals surface area contributed by atoms with Crippen LogP contribution in [-0.2, 0) is 11.2 Å². The summed E-state index contributed by atoms with van der Waals surface area (Å²) in [5, 5.41) is 6.20. The Kier molecular flexibility index (Phi) is 5.63. The van der Waals surface area contributed by atoms with Crippen molar-refractivity contribution < 1.29 is 4.79 Å². The van der Waals surface area contributed by atoms with Crippen molar-refractivity contribution >= 4 is 44.7 Å². The van der Waals surface area contributed by atoms with Gasteiger partial charge in [-0.05, 0) is 39.8 Å². The van der Waals surface area contributed by atoms with E-state index in [1.54, 1.807) is 6.20 Å². The first kappa shape index (κ1) is 18.5. The molecule has 1 N–H and O–H groups in total. The summed E-state index contributed by atoms with van der Waals surface area (Å²) in [6.07, 6.45) is 1.97. The van der Waals surface area contributed by atoms with Gasteiger partial charge in [-0.2, -0.15) is 0 Å². The number of pyridine rings is 1. The normalized spacial score (nSPS) is 11.0. The van der Waals surface area contributed by atoms with Crippen LogP contribution in [-0.4, -0.2) is 26.9 Å². The Balaban J connectivity index is 1.73. The smallest absolute Gasteiger partial charge is 0.232 e. The van der Waals surface area contributed by atoms with Crippen molar-refractivity contribution in [1.82, 2.24) is 15.0 Å². The monoisotopic (exact) mass is 387 g/mol. The van der Waals surface area contributed by atoms with Gasteiger partial charge < -0.3 is 5.32 Å². The first-order valence-corrected chi connectivity index (χ1v) is 10.0. The van der Waals surface area contributed by atoms with Crippen molar-refractivity contribution in [2.75, 3.05) is 10.2 Å². The Morgan fingerprint density at radius 3 is 2.73 bits per heavy atom. The Morgan fingerprint density at radius 2 is 2.08 bits per heavy atom. The minimum Gasteiger partial charge on any atom is -0.302 e. The van der Waals surface area contributed by atoms with Gasteiger partial charge in [-0.25, -0.2) is 15.0 Å². The molecule has 136 valence electrons. The molecule has 0 radical (unpaired) electrons. The van der Waals surface area contributed by atoms with Crippen LogP contribution in [0.15, 0.2) is 29.8 Å². The first-order chi connectivity index (χ1) is 12.4. The van der Waals surface area contributed by atoms with E-state index in [2.05, 4.69) is 39.0 Å². The number of carbonyl (C=O) groups is 1. The maximum atomic E-state index is 12.2. The van der Waals surface area contributed by atoms with Gasteiger partial charge in [0.05, 0.1) is 12.1 Å². The lowest BCUT2D eigenvalue weighted by molar-refractivity contribution is -0.115. The number of rotatable bonds is 6. The van der Waals surface area contributed by atoms with Crippen LogP contribution >= 0.6 is 22.7 Å². The maximum absolute atomic E-state index is 12.2. The average Bonchev–Trinajstić information content (AvgIpc) is 3.16. The van der Waals surface area contributed by atoms with E-state index in [-0.39, 0.29) is 18.4 Å². The van der Waals surface area contributed by atoms with Crippen molar-refractivity contribution in [1.29, 1.82) is 0 Å². The molecule has 0 aliphatic carbocycles. The van der Waals surface area contributed by atoms with Gasteiger partial charge in [-0.1, -0.05) is 6.07 Å². The number of nitrogens with one attached hydrogen (secondary N) is 1. The van der Waals surface area contributed by atoms with Crippen LogP contribution in [0.4, 0.5) is 16.1 Å². The molecule has 3 aromatic heterocycles. The van der Waals surface area contributed by atoms with Gasteiger partial charge in [0, 0.05) is 28.2 Å². The van der Waals surface area contributed by atoms with E-state index in [9.17, 15) is 4.79 Å². The van der Waals surface area contributed by atoms with Crippen molar-refractivity contribution in [2.24, 2.45) is 0 Å². The van der Waals surface area contributed by atoms with Gasteiger partial charge in [-0.15, -0.1) is 22.7 Å². The maximum Gasteiger partial charge on any atom is 0.232 e. The molecular formula is C18H21N5OS2. The zero-order valence-electron chi connectivity index (χ0n) is 15.2. The lowest BCUT2D eigenvalue weighted by Crippen LogP contribution is -2.26. The van der Waals surface area contributed by atoms with Crippen molar-refractivity contribution in [2.45, 2.75) is 40.2 Å². The lowest BCUT2D eigenvalue weighted by Gasteiger charge is -2.25. The zero-order valence-corrected chi connectivity index (χ0v) is 16.8. The fourth-order valence-electron chi connectivity index (χ4n) is 2.47. The van der Waals surface area contributed by atoms with Gasteiger partial charge in [0.15, 0.2) is 10.3 Å². The molecule has 3 aromatic rings. The molecule has 6 nitrogen and oxygen atoms in total. The molecule has 0 saturated heterocycles. The van der Waals surface area contributed by atoms with Gasteiger partial charge in [0.25, 0.3) is 0 Å². The summed E-state index contributed by atoms with van der Waals surface area (Å²) in [5.41, 5.74) is 1.71. The predicted molar refractivity (Wildman–Crippen MR) is 108 cm³/mol. The first-order valence-electron chi connectivity index (χ1n) is 8.32. The van der Waals surface area contributed by atoms with E-state index in [0.717, 1.165) is 27.2 Å². The van der Waals surface area contributed by atoms with Crippen LogP contribution in [0.3, 0.4) is 0 Å². The highest BCUT2D eigenvalue weighted by Gasteiger charge is 2.19. The van der Waals surface area contributed by atoms with Crippen LogP contribution in [0.5, 0.6) is 0 Å². The van der Waals surface area contributed by atoms with Crippen molar-refractivity contribution in [3.63, 3.8) is 0 Å². The molecule has 0 bridgehead atoms. The van der Waals surface area contributed by atoms with E-state index < -0.39 is 0 Å². The molecule has 3 heterocycles. The van der Waals surface area contributed by atoms with Crippen LogP contribution in [0.1, 0.15) is 30.1 Å². The highest BCUT2D eigenvalue weighted by Crippen LogP contribution is 2.30. The third kappa shape index (κ3) is 4.44. The van der Waals surface area contributed by atoms with E-state index >= 15 is 0 Å². The van der Waals surface area contributed by atoms with E-state index in [1.807, 2.05) is 37.4 Å². The molecule has 0 aliphatic rings. The predicted octanol–water partition coefficient (Wildman–Crippen LogP) is 4.34. The summed E-state index contributed by atoms with van der Waals surface area (Å²) in [6.45, 7) is 8.13. The van der Waals surface area contributed by atoms with Crippen molar-refractivity contribution in [3.05, 3.63) is 46.0 Å². The third-order valence-corrected chi connectivity index (χ3v) is 5.31. The summed E-state index contributed by atoms with van der Waals surface area (Å²) < 4.78 is 0. The molecule has 0 aromatic carbocycles. The Bertz CT molecular complexity index is 902. The molecule has 0 unspecified atom stereocenters. The number of hydrogen-bond donors (Lipinski definition) is 1. The molecule has 0 aliphatic heterocycles. The summed E-state index contributed by atoms with van der Waals surface area (Å²) in [7, 11) is 0. The summed E-state index contributed by atoms with van der Waals surface area (Å²) in [6, 6.07) is 6.15. The number of carbonyl (C=O) groups excluding carboxylic acids is 1. The molecule has 0 spiro atoms. The number of nitrogens with zero attached hydrogens (tertiary/aromatic N) is 4. The van der Waals surface area contributed by atoms with Gasteiger partial charge >= 0.3 is 0 Å². The summed E-state index contributed by atoms with van der Waals surface area (Å²) in [4.78, 5) is 28.8. The van der Waals surface area contributed by atoms with Gasteiger partial charge in [-0.3, -0.25) is 9.69 Å². The van der Waals surface area contributed by atoms with Crippen LogP contribution in [0.25, 0.3) is 0 Å². The number of hydrogen-bond acceptors (Lipinski definition) is 7. The highest BCUT2D eigenvalue weighted by molar-refractivity contribution is 7.15. The van der Waals surface area contributed by atoms with Gasteiger partial charge in [0.1, 0.15) is 5.82 Å². The second kappa shape index (κ2) is 7.92. The summed E-state index contributed by atoms with van der Waals surface area (Å²) in [5.74, 6) is 0.754. The topological polar surface area (TPSA) is 71.0 Å². The number of thiazole rings is 2. The molecule has 0 fully saturated rings. The fourth-order valence-corrected chi connectivity index (χ4v) is 4.12. The number of aromatic nitrogens is 3. The molecule has 26 heavy (non-hydrogen) atoms. The Morgan fingerprint density at radius 1 is 1.27 bits per heavy atom. The van der Waals surface area contributed by atoms with Crippen LogP contribution in [0, 0.1) is 13.8 Å². The van der Waals surface area contributed by atoms with E-state index in [4.69, 9.17) is 0 Å². The quantitative estimate of drug-likeness (QED) is 0.681. The van der Waals surface area contributed by atoms with E-state index in [0.29, 0.717) is 5.13 Å². The molecule has 3 rings (SSSR count). The second-order valence-electron chi connectivity index (χ2n) is 6.22. The lowest BCUT2D eigenvalue weighted by atomic mass is 10.3. The molecular weight excluding hydrogens is 366 g/mol. The minimum atomic E-state index is -0.110. The molecule has 1 amide bonds. The van der Waals surface area contributed by atoms with Gasteiger partial charge in [0.2, 0.25) is 5.91 Å². The third-order valence-electron chi connectivity index (χ3n) is 3.59. The fraction of sp³-hybridized carbons (Fsp3) is 0.333. The molecule has 0 atom stereocenters. The largest absolute Gasteiger partial charge is 0.302 e. The van der Waals surface area contributed by atoms with Crippen LogP contribution in [0.2, 0.25) is 0 Å². The Hall–Kier alpha value is -2.32. The Labute approximate surface area is 161 Å². The number of anilines is 3. The minimum absolute atomic E-state index is 0.110. The van der Waals surface area contributed by atoms with E-state index in [1.165, 1.54) is 22.7 Å². The standard InChI is InChI=1S/C18H21N5OS2/c1-11(2)23(15-7-5-6-12(3)20-15)18-21-14(10-25-18)8-16(24)22-17-19-9-13(4)26-17/h5-7,9-11H,8H2,1-4H3,(H,19,22,24). The molecule has 8 heteroatoms. The number of amides is 1. The molecule has 0 saturated carbocycles. The number of aryl methyl sites for hydroxylation is 2. The summed E-state index contributed by atoms with van der Waals surface area (Å²) >= 11 is 2.98. The van der Waals surface area contributed by atoms with Crippen molar-refractivity contribution in [3.8, 4) is 0 Å². The van der Waals surface area contributed by atoms with Crippen LogP contribution < -0.4 is 10.2 Å².